The highest BCUT2D eigenvalue weighted by atomic mass is 32.2. The van der Waals surface area contributed by atoms with E-state index in [0.29, 0.717) is 58.1 Å². The van der Waals surface area contributed by atoms with Crippen molar-refractivity contribution in [2.75, 3.05) is 36.0 Å². The number of aromatic nitrogens is 2. The number of halogens is 1. The Labute approximate surface area is 236 Å². The molecule has 7 nitrogen and oxygen atoms in total. The third kappa shape index (κ3) is 4.84. The van der Waals surface area contributed by atoms with Crippen LogP contribution in [0.5, 0.6) is 0 Å². The molecule has 4 heterocycles. The molecule has 39 heavy (non-hydrogen) atoms. The summed E-state index contributed by atoms with van der Waals surface area (Å²) in [5, 5.41) is 0. The Morgan fingerprint density at radius 1 is 1.00 bits per heavy atom. The average Bonchev–Trinajstić information content (AvgIpc) is 3.23. The minimum atomic E-state index is -0.246. The van der Waals surface area contributed by atoms with Crippen LogP contribution >= 0.6 is 24.0 Å². The number of piperazine rings is 1. The summed E-state index contributed by atoms with van der Waals surface area (Å²) in [6.45, 7) is 4.22. The highest BCUT2D eigenvalue weighted by Gasteiger charge is 2.38. The maximum Gasteiger partial charge on any atom is 0.267 e. The number of aryl methyl sites for hydroxylation is 1. The van der Waals surface area contributed by atoms with Gasteiger partial charge in [0.1, 0.15) is 21.6 Å². The van der Waals surface area contributed by atoms with Crippen molar-refractivity contribution in [3.05, 3.63) is 74.8 Å². The van der Waals surface area contributed by atoms with Crippen molar-refractivity contribution in [2.24, 2.45) is 0 Å². The van der Waals surface area contributed by atoms with Gasteiger partial charge in [0, 0.05) is 38.4 Å². The molecule has 6 rings (SSSR count). The lowest BCUT2D eigenvalue weighted by Gasteiger charge is -2.37. The van der Waals surface area contributed by atoms with E-state index < -0.39 is 0 Å². The Morgan fingerprint density at radius 3 is 2.46 bits per heavy atom. The van der Waals surface area contributed by atoms with Gasteiger partial charge in [-0.2, -0.15) is 0 Å². The van der Waals surface area contributed by atoms with Crippen LogP contribution in [0.25, 0.3) is 11.7 Å². The largest absolute Gasteiger partial charge is 0.366 e. The molecule has 1 amide bonds. The van der Waals surface area contributed by atoms with Gasteiger partial charge in [-0.1, -0.05) is 61.4 Å². The van der Waals surface area contributed by atoms with E-state index in [1.165, 1.54) is 24.2 Å². The molecular weight excluding hydrogens is 533 g/mol. The number of anilines is 2. The normalized spacial score (nSPS) is 20.1. The summed E-state index contributed by atoms with van der Waals surface area (Å²) in [6.07, 6.45) is 8.69. The molecule has 3 aliphatic rings. The number of carbonyl (C=O) groups excluding carboxylic acids is 1. The molecule has 3 fully saturated rings. The van der Waals surface area contributed by atoms with Gasteiger partial charge in [-0.3, -0.25) is 18.9 Å². The molecule has 1 saturated carbocycles. The number of thioether (sulfide) groups is 1. The maximum atomic E-state index is 14.4. The molecule has 0 unspecified atom stereocenters. The molecule has 2 saturated heterocycles. The topological polar surface area (TPSA) is 61.2 Å². The number of nitrogens with zero attached hydrogens (tertiary/aromatic N) is 5. The fourth-order valence-corrected chi connectivity index (χ4v) is 7.18. The van der Waals surface area contributed by atoms with Crippen molar-refractivity contribution in [2.45, 2.75) is 45.1 Å². The second-order valence-electron chi connectivity index (χ2n) is 10.3. The van der Waals surface area contributed by atoms with E-state index >= 15 is 0 Å². The molecule has 1 aromatic carbocycles. The van der Waals surface area contributed by atoms with Crippen molar-refractivity contribution in [3.63, 3.8) is 0 Å². The number of fused-ring (bicyclic) bond motifs is 1. The van der Waals surface area contributed by atoms with Crippen molar-refractivity contribution in [1.82, 2.24) is 14.3 Å². The second-order valence-corrected chi connectivity index (χ2v) is 12.0. The molecule has 0 bridgehead atoms. The highest BCUT2D eigenvalue weighted by molar-refractivity contribution is 8.26. The van der Waals surface area contributed by atoms with Crippen LogP contribution in [0.15, 0.2) is 52.3 Å². The molecule has 0 spiro atoms. The molecule has 2 aromatic heterocycles. The molecule has 2 aliphatic heterocycles. The number of hydrogen-bond donors (Lipinski definition) is 0. The molecule has 0 atom stereocenters. The van der Waals surface area contributed by atoms with Crippen molar-refractivity contribution < 1.29 is 9.18 Å². The smallest absolute Gasteiger partial charge is 0.267 e. The number of para-hydroxylation sites is 1. The van der Waals surface area contributed by atoms with Crippen LogP contribution in [-0.2, 0) is 4.79 Å². The number of benzene rings is 1. The molecule has 10 heteroatoms. The first-order valence-electron chi connectivity index (χ1n) is 13.5. The number of amides is 1. The Kier molecular flexibility index (Phi) is 7.16. The van der Waals surface area contributed by atoms with E-state index in [9.17, 15) is 14.0 Å². The van der Waals surface area contributed by atoms with E-state index in [1.54, 1.807) is 33.7 Å². The zero-order valence-electron chi connectivity index (χ0n) is 21.8. The molecule has 1 aliphatic carbocycles. The minimum Gasteiger partial charge on any atom is -0.366 e. The van der Waals surface area contributed by atoms with Gasteiger partial charge >= 0.3 is 0 Å². The average molecular weight is 564 g/mol. The van der Waals surface area contributed by atoms with Gasteiger partial charge in [0.25, 0.3) is 11.5 Å². The lowest BCUT2D eigenvalue weighted by Crippen LogP contribution is -2.47. The van der Waals surface area contributed by atoms with Gasteiger partial charge < -0.3 is 9.80 Å². The first-order chi connectivity index (χ1) is 18.9. The Morgan fingerprint density at radius 2 is 1.72 bits per heavy atom. The summed E-state index contributed by atoms with van der Waals surface area (Å²) in [7, 11) is 0. The van der Waals surface area contributed by atoms with Crippen LogP contribution in [0.4, 0.5) is 15.9 Å². The number of hydrogen-bond acceptors (Lipinski definition) is 7. The zero-order chi connectivity index (χ0) is 27.1. The number of rotatable bonds is 4. The molecule has 202 valence electrons. The summed E-state index contributed by atoms with van der Waals surface area (Å²) in [5.41, 5.74) is 2.20. The molecule has 0 radical (unpaired) electrons. The van der Waals surface area contributed by atoms with Gasteiger partial charge in [-0.15, -0.1) is 0 Å². The molecular formula is C29H30FN5O2S2. The van der Waals surface area contributed by atoms with Crippen molar-refractivity contribution >= 4 is 57.4 Å². The lowest BCUT2D eigenvalue weighted by atomic mass is 9.94. The van der Waals surface area contributed by atoms with Gasteiger partial charge in [0.15, 0.2) is 0 Å². The Hall–Kier alpha value is -3.24. The lowest BCUT2D eigenvalue weighted by molar-refractivity contribution is -0.124. The van der Waals surface area contributed by atoms with E-state index in [2.05, 4.69) is 4.90 Å². The fraction of sp³-hybridized carbons (Fsp3) is 0.379. The van der Waals surface area contributed by atoms with Crippen LogP contribution < -0.4 is 15.4 Å². The van der Waals surface area contributed by atoms with E-state index in [4.69, 9.17) is 17.2 Å². The Balaban J connectivity index is 1.37. The Bertz CT molecular complexity index is 1540. The van der Waals surface area contributed by atoms with Crippen molar-refractivity contribution in [1.29, 1.82) is 0 Å². The van der Waals surface area contributed by atoms with Gasteiger partial charge in [0.05, 0.1) is 16.2 Å². The van der Waals surface area contributed by atoms with E-state index in [1.807, 2.05) is 30.0 Å². The van der Waals surface area contributed by atoms with Crippen molar-refractivity contribution in [3.8, 4) is 0 Å². The molecule has 0 N–H and O–H groups in total. The predicted molar refractivity (Wildman–Crippen MR) is 159 cm³/mol. The van der Waals surface area contributed by atoms with Gasteiger partial charge in [0.2, 0.25) is 0 Å². The van der Waals surface area contributed by atoms with Crippen LogP contribution in [0.1, 0.15) is 43.2 Å². The van der Waals surface area contributed by atoms with E-state index in [-0.39, 0.29) is 23.3 Å². The SMILES string of the molecule is Cc1cccn2c(=O)c(/C=C3/SC(=S)N(C4CCCCC4)C3=O)c(N3CCN(c4ccccc4F)CC3)nc12. The number of carbonyl (C=O) groups is 1. The quantitative estimate of drug-likeness (QED) is 0.327. The summed E-state index contributed by atoms with van der Waals surface area (Å²) in [6, 6.07) is 10.7. The number of thiocarbonyl (C=S) groups is 1. The third-order valence-electron chi connectivity index (χ3n) is 7.88. The molecule has 3 aromatic rings. The fourth-order valence-electron chi connectivity index (χ4n) is 5.80. The van der Waals surface area contributed by atoms with Crippen LogP contribution in [0, 0.1) is 12.7 Å². The predicted octanol–water partition coefficient (Wildman–Crippen LogP) is 5.00. The summed E-state index contributed by atoms with van der Waals surface area (Å²) in [5.74, 6) is 0.177. The highest BCUT2D eigenvalue weighted by Crippen LogP contribution is 2.38. The zero-order valence-corrected chi connectivity index (χ0v) is 23.4. The summed E-state index contributed by atoms with van der Waals surface area (Å²) >= 11 is 6.89. The minimum absolute atomic E-state index is 0.124. The van der Waals surface area contributed by atoms with Gasteiger partial charge in [-0.05, 0) is 49.6 Å². The summed E-state index contributed by atoms with van der Waals surface area (Å²) in [4.78, 5) is 38.6. The standard InChI is InChI=1S/C29H30FN5O2S2/c1-19-8-7-13-34-25(19)31-26(33-16-14-32(15-17-33)23-12-6-5-11-22(23)30)21(27(34)36)18-24-28(37)35(29(38)39-24)20-9-3-2-4-10-20/h5-8,11-13,18,20H,2-4,9-10,14-17H2,1H3/b24-18+. The monoisotopic (exact) mass is 563 g/mol. The maximum absolute atomic E-state index is 14.4. The van der Waals surface area contributed by atoms with Gasteiger partial charge in [-0.25, -0.2) is 9.37 Å². The van der Waals surface area contributed by atoms with Crippen LogP contribution in [0.3, 0.4) is 0 Å². The third-order valence-corrected chi connectivity index (χ3v) is 9.21. The summed E-state index contributed by atoms with van der Waals surface area (Å²) < 4.78 is 16.5. The first-order valence-corrected chi connectivity index (χ1v) is 14.7. The van der Waals surface area contributed by atoms with Crippen LogP contribution in [0.2, 0.25) is 0 Å². The second kappa shape index (κ2) is 10.7. The van der Waals surface area contributed by atoms with E-state index in [0.717, 1.165) is 31.2 Å². The van der Waals surface area contributed by atoms with Crippen LogP contribution in [-0.4, -0.2) is 56.7 Å². The first kappa shape index (κ1) is 26.0. The number of pyridine rings is 1.